The van der Waals surface area contributed by atoms with E-state index in [4.69, 9.17) is 14.6 Å². The molecule has 3 rings (SSSR count). The Morgan fingerprint density at radius 2 is 1.65 bits per heavy atom. The predicted octanol–water partition coefficient (Wildman–Crippen LogP) is 1.74. The van der Waals surface area contributed by atoms with E-state index < -0.39 is 24.1 Å². The molecule has 0 aromatic heterocycles. The van der Waals surface area contributed by atoms with Crippen LogP contribution in [0.5, 0.6) is 0 Å². The molecule has 0 saturated carbocycles. The van der Waals surface area contributed by atoms with Gasteiger partial charge in [-0.3, -0.25) is 4.79 Å². The third-order valence-electron chi connectivity index (χ3n) is 4.90. The third-order valence-corrected chi connectivity index (χ3v) is 4.90. The Bertz CT molecular complexity index is 994. The topological polar surface area (TPSA) is 114 Å². The lowest BCUT2D eigenvalue weighted by Crippen LogP contribution is -2.44. The summed E-state index contributed by atoms with van der Waals surface area (Å²) >= 11 is 0. The monoisotopic (exact) mass is 422 g/mol. The van der Waals surface area contributed by atoms with Gasteiger partial charge in [0, 0.05) is 18.9 Å². The zero-order valence-electron chi connectivity index (χ0n) is 16.9. The molecule has 0 radical (unpaired) electrons. The van der Waals surface area contributed by atoms with E-state index in [0.717, 1.165) is 22.3 Å². The summed E-state index contributed by atoms with van der Waals surface area (Å²) in [5.41, 5.74) is 4.48. The maximum Gasteiger partial charge on any atom is 0.407 e. The SMILES string of the molecule is COC(CNC(=O)OCC1c2ccccc2-c2ccccc21)C(=O)NCC#CC(=O)O. The molecule has 0 aliphatic heterocycles. The highest BCUT2D eigenvalue weighted by Crippen LogP contribution is 2.44. The van der Waals surface area contributed by atoms with E-state index >= 15 is 0 Å². The van der Waals surface area contributed by atoms with E-state index in [2.05, 4.69) is 28.7 Å². The van der Waals surface area contributed by atoms with Crippen LogP contribution in [0.15, 0.2) is 48.5 Å². The van der Waals surface area contributed by atoms with Crippen molar-refractivity contribution in [3.05, 3.63) is 59.7 Å². The largest absolute Gasteiger partial charge is 0.472 e. The molecule has 0 fully saturated rings. The van der Waals surface area contributed by atoms with Crippen molar-refractivity contribution in [2.45, 2.75) is 12.0 Å². The number of carboxylic acids is 1. The van der Waals surface area contributed by atoms with Crippen molar-refractivity contribution in [1.29, 1.82) is 0 Å². The molecule has 1 aliphatic carbocycles. The molecule has 2 aromatic rings. The number of hydrogen-bond donors (Lipinski definition) is 3. The van der Waals surface area contributed by atoms with Crippen LogP contribution in [0.25, 0.3) is 11.1 Å². The van der Waals surface area contributed by atoms with Crippen molar-refractivity contribution in [1.82, 2.24) is 10.6 Å². The lowest BCUT2D eigenvalue weighted by atomic mass is 9.98. The molecule has 2 aromatic carbocycles. The third kappa shape index (κ3) is 5.41. The van der Waals surface area contributed by atoms with Crippen LogP contribution in [0.3, 0.4) is 0 Å². The Morgan fingerprint density at radius 1 is 1.03 bits per heavy atom. The summed E-state index contributed by atoms with van der Waals surface area (Å²) in [4.78, 5) is 34.6. The minimum Gasteiger partial charge on any atom is -0.472 e. The average Bonchev–Trinajstić information content (AvgIpc) is 3.09. The van der Waals surface area contributed by atoms with Gasteiger partial charge in [0.25, 0.3) is 5.91 Å². The highest BCUT2D eigenvalue weighted by atomic mass is 16.5. The van der Waals surface area contributed by atoms with E-state index in [0.29, 0.717) is 0 Å². The summed E-state index contributed by atoms with van der Waals surface area (Å²) in [7, 11) is 1.33. The smallest absolute Gasteiger partial charge is 0.407 e. The van der Waals surface area contributed by atoms with Gasteiger partial charge in [0.05, 0.1) is 13.1 Å². The number of carbonyl (C=O) groups excluding carboxylic acids is 2. The van der Waals surface area contributed by atoms with Crippen LogP contribution < -0.4 is 10.6 Å². The molecule has 8 nitrogen and oxygen atoms in total. The molecule has 31 heavy (non-hydrogen) atoms. The van der Waals surface area contributed by atoms with Gasteiger partial charge in [-0.15, -0.1) is 0 Å². The lowest BCUT2D eigenvalue weighted by molar-refractivity contribution is -0.131. The fourth-order valence-corrected chi connectivity index (χ4v) is 3.47. The van der Waals surface area contributed by atoms with Crippen molar-refractivity contribution >= 4 is 18.0 Å². The van der Waals surface area contributed by atoms with Crippen molar-refractivity contribution in [3.8, 4) is 23.0 Å². The summed E-state index contributed by atoms with van der Waals surface area (Å²) in [6, 6.07) is 16.0. The van der Waals surface area contributed by atoms with Crippen molar-refractivity contribution in [3.63, 3.8) is 0 Å². The number of aliphatic carboxylic acids is 1. The second kappa shape index (κ2) is 10.3. The van der Waals surface area contributed by atoms with Gasteiger partial charge < -0.3 is 25.2 Å². The first-order valence-electron chi connectivity index (χ1n) is 9.62. The molecular weight excluding hydrogens is 400 g/mol. The molecule has 2 amide bonds. The van der Waals surface area contributed by atoms with Gasteiger partial charge in [-0.2, -0.15) is 0 Å². The fourth-order valence-electron chi connectivity index (χ4n) is 3.47. The Kier molecular flexibility index (Phi) is 7.25. The molecule has 1 atom stereocenters. The normalized spacial score (nSPS) is 12.5. The number of methoxy groups -OCH3 is 1. The van der Waals surface area contributed by atoms with E-state index in [9.17, 15) is 14.4 Å². The first-order valence-corrected chi connectivity index (χ1v) is 9.62. The summed E-state index contributed by atoms with van der Waals surface area (Å²) in [6.07, 6.45) is -1.63. The van der Waals surface area contributed by atoms with Gasteiger partial charge in [-0.25, -0.2) is 9.59 Å². The lowest BCUT2D eigenvalue weighted by Gasteiger charge is -2.17. The Hall–Kier alpha value is -3.83. The van der Waals surface area contributed by atoms with E-state index in [1.54, 1.807) is 0 Å². The summed E-state index contributed by atoms with van der Waals surface area (Å²) in [5, 5.41) is 13.4. The van der Waals surface area contributed by atoms with Crippen LogP contribution in [0.1, 0.15) is 17.0 Å². The van der Waals surface area contributed by atoms with Crippen LogP contribution in [0.2, 0.25) is 0 Å². The summed E-state index contributed by atoms with van der Waals surface area (Å²) in [5.74, 6) is 2.29. The minimum atomic E-state index is -1.28. The number of amides is 2. The van der Waals surface area contributed by atoms with Crippen LogP contribution in [-0.2, 0) is 19.1 Å². The van der Waals surface area contributed by atoms with Crippen LogP contribution >= 0.6 is 0 Å². The van der Waals surface area contributed by atoms with E-state index in [1.807, 2.05) is 42.3 Å². The van der Waals surface area contributed by atoms with Gasteiger partial charge in [0.15, 0.2) is 6.10 Å². The van der Waals surface area contributed by atoms with Gasteiger partial charge in [-0.1, -0.05) is 54.5 Å². The maximum absolute atomic E-state index is 12.2. The molecule has 0 spiro atoms. The quantitative estimate of drug-likeness (QED) is 0.586. The van der Waals surface area contributed by atoms with Crippen molar-refractivity contribution in [2.24, 2.45) is 0 Å². The number of benzene rings is 2. The van der Waals surface area contributed by atoms with Crippen molar-refractivity contribution < 1.29 is 29.0 Å². The first kappa shape index (κ1) is 21.9. The van der Waals surface area contributed by atoms with Gasteiger partial charge in [0.2, 0.25) is 0 Å². The van der Waals surface area contributed by atoms with Gasteiger partial charge >= 0.3 is 12.1 Å². The van der Waals surface area contributed by atoms with E-state index in [-0.39, 0.29) is 25.6 Å². The van der Waals surface area contributed by atoms with Crippen LogP contribution in [-0.4, -0.2) is 56.0 Å². The van der Waals surface area contributed by atoms with Crippen molar-refractivity contribution in [2.75, 3.05) is 26.8 Å². The molecule has 8 heteroatoms. The minimum absolute atomic E-state index is 0.0625. The van der Waals surface area contributed by atoms with E-state index in [1.165, 1.54) is 7.11 Å². The zero-order valence-corrected chi connectivity index (χ0v) is 16.9. The Morgan fingerprint density at radius 3 is 2.23 bits per heavy atom. The molecule has 3 N–H and O–H groups in total. The number of carboxylic acid groups (broad SMARTS) is 1. The Labute approximate surface area is 179 Å². The molecule has 160 valence electrons. The second-order valence-corrected chi connectivity index (χ2v) is 6.76. The molecule has 1 unspecified atom stereocenters. The van der Waals surface area contributed by atoms with Gasteiger partial charge in [0.1, 0.15) is 6.61 Å². The second-order valence-electron chi connectivity index (χ2n) is 6.76. The number of rotatable bonds is 7. The predicted molar refractivity (Wildman–Crippen MR) is 112 cm³/mol. The highest BCUT2D eigenvalue weighted by Gasteiger charge is 2.29. The van der Waals surface area contributed by atoms with Crippen LogP contribution in [0.4, 0.5) is 4.79 Å². The Balaban J connectivity index is 1.52. The molecule has 0 bridgehead atoms. The number of hydrogen-bond acceptors (Lipinski definition) is 5. The highest BCUT2D eigenvalue weighted by molar-refractivity contribution is 5.87. The first-order chi connectivity index (χ1) is 15.0. The molecule has 1 aliphatic rings. The summed E-state index contributed by atoms with van der Waals surface area (Å²) < 4.78 is 10.5. The molecule has 0 heterocycles. The number of ether oxygens (including phenoxy) is 2. The van der Waals surface area contributed by atoms with Gasteiger partial charge in [-0.05, 0) is 22.3 Å². The average molecular weight is 422 g/mol. The number of carbonyl (C=O) groups is 3. The number of alkyl carbamates (subject to hydrolysis) is 1. The molecular formula is C23H22N2O6. The summed E-state index contributed by atoms with van der Waals surface area (Å²) in [6.45, 7) is -0.0875. The number of nitrogens with one attached hydrogen (secondary N) is 2. The maximum atomic E-state index is 12.2. The fraction of sp³-hybridized carbons (Fsp3) is 0.261. The standard InChI is InChI=1S/C23H22N2O6/c1-30-20(22(28)24-12-6-11-21(26)27)13-25-23(29)31-14-19-17-9-4-2-7-15(17)16-8-3-5-10-18(16)19/h2-5,7-10,19-20H,12-14H2,1H3,(H,24,28)(H,25,29)(H,26,27). The molecule has 0 saturated heterocycles. The number of fused-ring (bicyclic) bond motifs is 3. The zero-order chi connectivity index (χ0) is 22.2. The van der Waals surface area contributed by atoms with Crippen LogP contribution in [0, 0.1) is 11.8 Å².